The smallest absolute Gasteiger partial charge is 0.253 e. The normalized spacial score (nSPS) is 10.5. The molecule has 0 unspecified atom stereocenters. The Labute approximate surface area is 112 Å². The van der Waals surface area contributed by atoms with Crippen molar-refractivity contribution in [1.29, 1.82) is 0 Å². The molecule has 0 saturated heterocycles. The van der Waals surface area contributed by atoms with Gasteiger partial charge in [0.25, 0.3) is 5.91 Å². The van der Waals surface area contributed by atoms with Crippen LogP contribution < -0.4 is 5.73 Å². The zero-order chi connectivity index (χ0) is 13.8. The maximum Gasteiger partial charge on any atom is 0.253 e. The first-order valence-electron chi connectivity index (χ1n) is 6.19. The highest BCUT2D eigenvalue weighted by Crippen LogP contribution is 2.13. The first kappa shape index (κ1) is 13.4. The van der Waals surface area contributed by atoms with Gasteiger partial charge in [0.2, 0.25) is 0 Å². The number of aryl methyl sites for hydroxylation is 1. The molecule has 2 N–H and O–H groups in total. The fourth-order valence-electron chi connectivity index (χ4n) is 1.91. The molecule has 0 bridgehead atoms. The maximum atomic E-state index is 12.2. The van der Waals surface area contributed by atoms with E-state index in [0.29, 0.717) is 18.7 Å². The van der Waals surface area contributed by atoms with Crippen molar-refractivity contribution in [2.75, 3.05) is 7.05 Å². The largest absolute Gasteiger partial charge is 0.469 e. The van der Waals surface area contributed by atoms with Crippen LogP contribution in [0.1, 0.15) is 27.2 Å². The summed E-state index contributed by atoms with van der Waals surface area (Å²) in [5.41, 5.74) is 8.25. The number of furan rings is 1. The van der Waals surface area contributed by atoms with Crippen molar-refractivity contribution in [3.05, 3.63) is 59.0 Å². The Bertz CT molecular complexity index is 558. The van der Waals surface area contributed by atoms with Crippen molar-refractivity contribution < 1.29 is 9.21 Å². The Balaban J connectivity index is 2.08. The third-order valence-electron chi connectivity index (χ3n) is 3.16. The molecule has 4 heteroatoms. The Kier molecular flexibility index (Phi) is 4.02. The van der Waals surface area contributed by atoms with Gasteiger partial charge < -0.3 is 15.1 Å². The molecule has 1 heterocycles. The van der Waals surface area contributed by atoms with Crippen LogP contribution in [-0.4, -0.2) is 17.9 Å². The second kappa shape index (κ2) is 5.71. The number of nitrogens with two attached hydrogens (primary N) is 1. The minimum absolute atomic E-state index is 0.0100. The number of nitrogens with zero attached hydrogens (tertiary/aromatic N) is 1. The Morgan fingerprint density at radius 3 is 2.47 bits per heavy atom. The number of rotatable bonds is 4. The third-order valence-corrected chi connectivity index (χ3v) is 3.16. The van der Waals surface area contributed by atoms with Crippen LogP contribution in [-0.2, 0) is 13.1 Å². The van der Waals surface area contributed by atoms with Crippen LogP contribution >= 0.6 is 0 Å². The van der Waals surface area contributed by atoms with Gasteiger partial charge >= 0.3 is 0 Å². The van der Waals surface area contributed by atoms with Crippen LogP contribution in [0.2, 0.25) is 0 Å². The minimum Gasteiger partial charge on any atom is -0.469 e. The topological polar surface area (TPSA) is 59.5 Å². The van der Waals surface area contributed by atoms with Crippen molar-refractivity contribution in [1.82, 2.24) is 4.90 Å². The molecule has 2 aromatic rings. The Morgan fingerprint density at radius 2 is 1.95 bits per heavy atom. The molecule has 2 rings (SSSR count). The van der Waals surface area contributed by atoms with E-state index < -0.39 is 0 Å². The van der Waals surface area contributed by atoms with Gasteiger partial charge in [-0.1, -0.05) is 12.1 Å². The summed E-state index contributed by atoms with van der Waals surface area (Å²) in [6, 6.07) is 9.26. The second-order valence-electron chi connectivity index (χ2n) is 4.56. The SMILES string of the molecule is Cc1occc1CN(C)C(=O)c1ccc(CN)cc1. The summed E-state index contributed by atoms with van der Waals surface area (Å²) < 4.78 is 5.23. The third kappa shape index (κ3) is 3.03. The average Bonchev–Trinajstić information content (AvgIpc) is 2.83. The predicted molar refractivity (Wildman–Crippen MR) is 73.6 cm³/mol. The highest BCUT2D eigenvalue weighted by Gasteiger charge is 2.13. The van der Waals surface area contributed by atoms with Gasteiger partial charge in [-0.25, -0.2) is 0 Å². The van der Waals surface area contributed by atoms with Gasteiger partial charge in [-0.2, -0.15) is 0 Å². The summed E-state index contributed by atoms with van der Waals surface area (Å²) >= 11 is 0. The number of hydrogen-bond acceptors (Lipinski definition) is 3. The number of benzene rings is 1. The molecule has 0 atom stereocenters. The molecular weight excluding hydrogens is 240 g/mol. The van der Waals surface area contributed by atoms with Gasteiger partial charge in [-0.3, -0.25) is 4.79 Å². The van der Waals surface area contributed by atoms with Gasteiger partial charge in [0.05, 0.1) is 6.26 Å². The van der Waals surface area contributed by atoms with Crippen molar-refractivity contribution in [3.63, 3.8) is 0 Å². The van der Waals surface area contributed by atoms with Crippen LogP contribution in [0.4, 0.5) is 0 Å². The molecule has 0 aliphatic rings. The number of carbonyl (C=O) groups is 1. The molecule has 1 aromatic heterocycles. The van der Waals surface area contributed by atoms with E-state index >= 15 is 0 Å². The van der Waals surface area contributed by atoms with Crippen LogP contribution in [0.25, 0.3) is 0 Å². The Hall–Kier alpha value is -2.07. The monoisotopic (exact) mass is 258 g/mol. The van der Waals surface area contributed by atoms with Crippen LogP contribution in [0, 0.1) is 6.92 Å². The highest BCUT2D eigenvalue weighted by atomic mass is 16.3. The van der Waals surface area contributed by atoms with E-state index in [9.17, 15) is 4.79 Å². The second-order valence-corrected chi connectivity index (χ2v) is 4.56. The summed E-state index contributed by atoms with van der Waals surface area (Å²) in [6.45, 7) is 2.92. The lowest BCUT2D eigenvalue weighted by atomic mass is 10.1. The average molecular weight is 258 g/mol. The summed E-state index contributed by atoms with van der Waals surface area (Å²) in [4.78, 5) is 13.9. The minimum atomic E-state index is -0.0100. The molecule has 1 amide bonds. The lowest BCUT2D eigenvalue weighted by Crippen LogP contribution is -2.26. The molecule has 100 valence electrons. The maximum absolute atomic E-state index is 12.2. The summed E-state index contributed by atoms with van der Waals surface area (Å²) in [5, 5.41) is 0. The molecule has 19 heavy (non-hydrogen) atoms. The lowest BCUT2D eigenvalue weighted by Gasteiger charge is -2.17. The fraction of sp³-hybridized carbons (Fsp3) is 0.267. The number of carbonyl (C=O) groups excluding carboxylic acids is 1. The van der Waals surface area contributed by atoms with E-state index in [-0.39, 0.29) is 5.91 Å². The number of hydrogen-bond donors (Lipinski definition) is 1. The molecule has 0 saturated carbocycles. The zero-order valence-electron chi connectivity index (χ0n) is 11.2. The first-order valence-corrected chi connectivity index (χ1v) is 6.19. The molecule has 0 fully saturated rings. The molecular formula is C15H18N2O2. The van der Waals surface area contributed by atoms with Crippen molar-refractivity contribution in [2.24, 2.45) is 5.73 Å². The van der Waals surface area contributed by atoms with E-state index in [0.717, 1.165) is 16.9 Å². The standard InChI is InChI=1S/C15H18N2O2/c1-11-14(7-8-19-11)10-17(2)15(18)13-5-3-12(9-16)4-6-13/h3-8H,9-10,16H2,1-2H3. The predicted octanol–water partition coefficient (Wildman–Crippen LogP) is 2.32. The molecule has 0 aliphatic carbocycles. The van der Waals surface area contributed by atoms with E-state index in [2.05, 4.69) is 0 Å². The molecule has 0 radical (unpaired) electrons. The lowest BCUT2D eigenvalue weighted by molar-refractivity contribution is 0.0784. The summed E-state index contributed by atoms with van der Waals surface area (Å²) in [7, 11) is 1.78. The summed E-state index contributed by atoms with van der Waals surface area (Å²) in [6.07, 6.45) is 1.64. The van der Waals surface area contributed by atoms with Crippen LogP contribution in [0.15, 0.2) is 41.0 Å². The van der Waals surface area contributed by atoms with E-state index in [4.69, 9.17) is 10.2 Å². The molecule has 4 nitrogen and oxygen atoms in total. The fourth-order valence-corrected chi connectivity index (χ4v) is 1.91. The highest BCUT2D eigenvalue weighted by molar-refractivity contribution is 5.94. The van der Waals surface area contributed by atoms with E-state index in [1.165, 1.54) is 0 Å². The van der Waals surface area contributed by atoms with E-state index in [1.54, 1.807) is 18.2 Å². The first-order chi connectivity index (χ1) is 9.11. The number of amides is 1. The van der Waals surface area contributed by atoms with E-state index in [1.807, 2.05) is 37.3 Å². The van der Waals surface area contributed by atoms with Gasteiger partial charge in [-0.05, 0) is 30.7 Å². The van der Waals surface area contributed by atoms with Crippen LogP contribution in [0.3, 0.4) is 0 Å². The van der Waals surface area contributed by atoms with Gasteiger partial charge in [0, 0.05) is 31.3 Å². The van der Waals surface area contributed by atoms with Gasteiger partial charge in [0.15, 0.2) is 0 Å². The van der Waals surface area contributed by atoms with Gasteiger partial charge in [0.1, 0.15) is 5.76 Å². The molecule has 0 aliphatic heterocycles. The quantitative estimate of drug-likeness (QED) is 0.915. The molecule has 0 spiro atoms. The van der Waals surface area contributed by atoms with Crippen molar-refractivity contribution in [2.45, 2.75) is 20.0 Å². The molecule has 1 aromatic carbocycles. The Morgan fingerprint density at radius 1 is 1.26 bits per heavy atom. The zero-order valence-corrected chi connectivity index (χ0v) is 11.2. The van der Waals surface area contributed by atoms with Crippen molar-refractivity contribution in [3.8, 4) is 0 Å². The van der Waals surface area contributed by atoms with Crippen molar-refractivity contribution >= 4 is 5.91 Å². The van der Waals surface area contributed by atoms with Gasteiger partial charge in [-0.15, -0.1) is 0 Å². The van der Waals surface area contributed by atoms with Crippen LogP contribution in [0.5, 0.6) is 0 Å². The summed E-state index contributed by atoms with van der Waals surface area (Å²) in [5.74, 6) is 0.835.